The van der Waals surface area contributed by atoms with Gasteiger partial charge >= 0.3 is 0 Å². The summed E-state index contributed by atoms with van der Waals surface area (Å²) in [6.45, 7) is 1.84. The van der Waals surface area contributed by atoms with Gasteiger partial charge in [-0.3, -0.25) is 9.59 Å². The van der Waals surface area contributed by atoms with Crippen LogP contribution in [0.3, 0.4) is 0 Å². The van der Waals surface area contributed by atoms with Crippen LogP contribution in [0, 0.1) is 5.82 Å². The van der Waals surface area contributed by atoms with E-state index in [0.29, 0.717) is 5.69 Å². The maximum Gasteiger partial charge on any atom is 0.292 e. The SMILES string of the molecule is O=C1CC([NH+]2CCSCC2)C(=O)N1c1ccc(F)cc1. The van der Waals surface area contributed by atoms with Gasteiger partial charge in [0.2, 0.25) is 5.91 Å². The van der Waals surface area contributed by atoms with Crippen LogP contribution >= 0.6 is 11.8 Å². The van der Waals surface area contributed by atoms with Crippen LogP contribution in [-0.4, -0.2) is 42.5 Å². The Bertz CT molecular complexity index is 528. The van der Waals surface area contributed by atoms with Crippen molar-refractivity contribution in [2.24, 2.45) is 0 Å². The summed E-state index contributed by atoms with van der Waals surface area (Å²) >= 11 is 1.89. The van der Waals surface area contributed by atoms with E-state index in [0.717, 1.165) is 24.6 Å². The van der Waals surface area contributed by atoms with E-state index < -0.39 is 0 Å². The third-order valence-electron chi connectivity index (χ3n) is 3.86. The molecule has 1 aromatic carbocycles. The molecular formula is C14H16FN2O2S+. The van der Waals surface area contributed by atoms with Gasteiger partial charge in [-0.1, -0.05) is 0 Å². The second-order valence-corrected chi connectivity index (χ2v) is 6.30. The van der Waals surface area contributed by atoms with Crippen molar-refractivity contribution in [2.45, 2.75) is 12.5 Å². The van der Waals surface area contributed by atoms with Crippen LogP contribution in [0.4, 0.5) is 10.1 Å². The number of quaternary nitrogens is 1. The highest BCUT2D eigenvalue weighted by Crippen LogP contribution is 2.22. The molecule has 1 N–H and O–H groups in total. The lowest BCUT2D eigenvalue weighted by atomic mass is 10.2. The van der Waals surface area contributed by atoms with E-state index in [-0.39, 0.29) is 30.1 Å². The van der Waals surface area contributed by atoms with E-state index >= 15 is 0 Å². The van der Waals surface area contributed by atoms with E-state index in [4.69, 9.17) is 0 Å². The van der Waals surface area contributed by atoms with Crippen LogP contribution in [0.1, 0.15) is 6.42 Å². The molecule has 2 aliphatic rings. The summed E-state index contributed by atoms with van der Waals surface area (Å²) in [6.07, 6.45) is 0.260. The molecule has 2 fully saturated rings. The highest BCUT2D eigenvalue weighted by molar-refractivity contribution is 7.99. The molecule has 0 saturated carbocycles. The van der Waals surface area contributed by atoms with Crippen molar-refractivity contribution in [1.29, 1.82) is 0 Å². The number of anilines is 1. The monoisotopic (exact) mass is 295 g/mol. The molecule has 1 unspecified atom stereocenters. The average Bonchev–Trinajstić information content (AvgIpc) is 2.76. The number of halogens is 1. The van der Waals surface area contributed by atoms with E-state index in [1.165, 1.54) is 34.1 Å². The largest absolute Gasteiger partial charge is 0.323 e. The van der Waals surface area contributed by atoms with Gasteiger partial charge in [0, 0.05) is 11.5 Å². The van der Waals surface area contributed by atoms with Crippen LogP contribution in [0.5, 0.6) is 0 Å². The van der Waals surface area contributed by atoms with E-state index in [1.807, 2.05) is 11.8 Å². The minimum Gasteiger partial charge on any atom is -0.323 e. The van der Waals surface area contributed by atoms with Gasteiger partial charge in [-0.05, 0) is 24.3 Å². The summed E-state index contributed by atoms with van der Waals surface area (Å²) in [4.78, 5) is 27.0. The summed E-state index contributed by atoms with van der Waals surface area (Å²) in [5.41, 5.74) is 0.467. The van der Waals surface area contributed by atoms with Gasteiger partial charge in [0.25, 0.3) is 5.91 Å². The molecule has 6 heteroatoms. The Hall–Kier alpha value is -1.40. The number of nitrogens with zero attached hydrogens (tertiary/aromatic N) is 1. The number of hydrogen-bond donors (Lipinski definition) is 1. The van der Waals surface area contributed by atoms with Crippen LogP contribution in [-0.2, 0) is 9.59 Å². The summed E-state index contributed by atoms with van der Waals surface area (Å²) in [6, 6.07) is 5.24. The smallest absolute Gasteiger partial charge is 0.292 e. The maximum absolute atomic E-state index is 12.9. The lowest BCUT2D eigenvalue weighted by Gasteiger charge is -2.27. The number of nitrogens with one attached hydrogen (secondary N) is 1. The predicted molar refractivity (Wildman–Crippen MR) is 75.3 cm³/mol. The van der Waals surface area contributed by atoms with Crippen LogP contribution in [0.25, 0.3) is 0 Å². The average molecular weight is 295 g/mol. The van der Waals surface area contributed by atoms with Gasteiger partial charge in [-0.2, -0.15) is 11.8 Å². The van der Waals surface area contributed by atoms with Crippen molar-refractivity contribution in [1.82, 2.24) is 0 Å². The normalized spacial score (nSPS) is 24.4. The first-order chi connectivity index (χ1) is 9.66. The number of benzene rings is 1. The lowest BCUT2D eigenvalue weighted by Crippen LogP contribution is -3.18. The standard InChI is InChI=1S/C14H15FN2O2S/c15-10-1-3-11(4-2-10)17-13(18)9-12(14(17)19)16-5-7-20-8-6-16/h1-4,12H,5-9H2/p+1. The predicted octanol–water partition coefficient (Wildman–Crippen LogP) is 0.0893. The molecule has 2 aliphatic heterocycles. The Morgan fingerprint density at radius 2 is 1.80 bits per heavy atom. The summed E-state index contributed by atoms with van der Waals surface area (Å²) in [5, 5.41) is 0. The summed E-state index contributed by atoms with van der Waals surface area (Å²) < 4.78 is 12.9. The molecule has 2 heterocycles. The second-order valence-electron chi connectivity index (χ2n) is 5.07. The molecule has 20 heavy (non-hydrogen) atoms. The number of amides is 2. The van der Waals surface area contributed by atoms with Crippen molar-refractivity contribution < 1.29 is 18.9 Å². The summed E-state index contributed by atoms with van der Waals surface area (Å²) in [7, 11) is 0. The van der Waals surface area contributed by atoms with Crippen molar-refractivity contribution in [3.05, 3.63) is 30.1 Å². The molecule has 0 spiro atoms. The Kier molecular flexibility index (Phi) is 3.76. The number of hydrogen-bond acceptors (Lipinski definition) is 3. The van der Waals surface area contributed by atoms with E-state index in [1.54, 1.807) is 0 Å². The molecular weight excluding hydrogens is 279 g/mol. The maximum atomic E-state index is 12.9. The van der Waals surface area contributed by atoms with Crippen molar-refractivity contribution >= 4 is 29.3 Å². The third-order valence-corrected chi connectivity index (χ3v) is 4.84. The Balaban J connectivity index is 1.81. The van der Waals surface area contributed by atoms with Gasteiger partial charge in [0.05, 0.1) is 25.2 Å². The zero-order chi connectivity index (χ0) is 14.1. The topological polar surface area (TPSA) is 41.8 Å². The Morgan fingerprint density at radius 3 is 2.45 bits per heavy atom. The van der Waals surface area contributed by atoms with E-state index in [2.05, 4.69) is 0 Å². The zero-order valence-corrected chi connectivity index (χ0v) is 11.8. The van der Waals surface area contributed by atoms with Crippen molar-refractivity contribution in [2.75, 3.05) is 29.5 Å². The number of rotatable bonds is 2. The molecule has 0 aromatic heterocycles. The first kappa shape index (κ1) is 13.6. The molecule has 2 amide bonds. The molecule has 106 valence electrons. The fourth-order valence-corrected chi connectivity index (χ4v) is 3.81. The quantitative estimate of drug-likeness (QED) is 0.786. The molecule has 0 radical (unpaired) electrons. The molecule has 4 nitrogen and oxygen atoms in total. The van der Waals surface area contributed by atoms with Gasteiger partial charge in [-0.25, -0.2) is 9.29 Å². The van der Waals surface area contributed by atoms with Gasteiger partial charge in [-0.15, -0.1) is 0 Å². The molecule has 2 saturated heterocycles. The minimum atomic E-state index is -0.372. The fraction of sp³-hybridized carbons (Fsp3) is 0.429. The van der Waals surface area contributed by atoms with Gasteiger partial charge in [0.15, 0.2) is 6.04 Å². The molecule has 0 aliphatic carbocycles. The van der Waals surface area contributed by atoms with Crippen molar-refractivity contribution in [3.63, 3.8) is 0 Å². The molecule has 3 rings (SSSR count). The second kappa shape index (κ2) is 5.54. The van der Waals surface area contributed by atoms with E-state index in [9.17, 15) is 14.0 Å². The zero-order valence-electron chi connectivity index (χ0n) is 11.0. The van der Waals surface area contributed by atoms with Crippen LogP contribution in [0.2, 0.25) is 0 Å². The summed E-state index contributed by atoms with van der Waals surface area (Å²) in [5.74, 6) is 1.36. The Labute approximate surface area is 120 Å². The molecule has 0 bridgehead atoms. The lowest BCUT2D eigenvalue weighted by molar-refractivity contribution is -0.911. The fourth-order valence-electron chi connectivity index (χ4n) is 2.79. The third kappa shape index (κ3) is 2.45. The van der Waals surface area contributed by atoms with Crippen LogP contribution < -0.4 is 9.80 Å². The van der Waals surface area contributed by atoms with Crippen molar-refractivity contribution in [3.8, 4) is 0 Å². The number of carbonyl (C=O) groups excluding carboxylic acids is 2. The molecule has 1 atom stereocenters. The minimum absolute atomic E-state index is 0.150. The first-order valence-corrected chi connectivity index (χ1v) is 7.87. The number of imide groups is 1. The van der Waals surface area contributed by atoms with Gasteiger partial charge < -0.3 is 4.90 Å². The molecule has 1 aromatic rings. The van der Waals surface area contributed by atoms with Crippen LogP contribution in [0.15, 0.2) is 24.3 Å². The first-order valence-electron chi connectivity index (χ1n) is 6.71. The highest BCUT2D eigenvalue weighted by Gasteiger charge is 2.45. The highest BCUT2D eigenvalue weighted by atomic mass is 32.2. The number of carbonyl (C=O) groups is 2. The van der Waals surface area contributed by atoms with Gasteiger partial charge in [0.1, 0.15) is 5.82 Å². The Morgan fingerprint density at radius 1 is 1.15 bits per heavy atom. The number of thioether (sulfide) groups is 1.